The Labute approximate surface area is 109 Å². The number of carbonyl (C=O) groups excluding carboxylic acids is 1. The molecule has 0 radical (unpaired) electrons. The Hall–Kier alpha value is -0.810. The van der Waals surface area contributed by atoms with Gasteiger partial charge in [0.2, 0.25) is 0 Å². The van der Waals surface area contributed by atoms with Gasteiger partial charge >= 0.3 is 0 Å². The molecule has 3 nitrogen and oxygen atoms in total. The summed E-state index contributed by atoms with van der Waals surface area (Å²) in [4.78, 5) is 18.5. The SMILES string of the molecule is O=C(NC1=NCCS1)c1cc2c(s1)CCCC2. The molecule has 90 valence electrons. The molecular formula is C12H14N2OS2. The van der Waals surface area contributed by atoms with Crippen LogP contribution in [0.5, 0.6) is 0 Å². The second-order valence-corrected chi connectivity index (χ2v) is 6.48. The van der Waals surface area contributed by atoms with Gasteiger partial charge in [0.25, 0.3) is 5.91 Å². The van der Waals surface area contributed by atoms with Crippen LogP contribution in [0.4, 0.5) is 0 Å². The van der Waals surface area contributed by atoms with E-state index in [1.54, 1.807) is 23.1 Å². The van der Waals surface area contributed by atoms with Gasteiger partial charge in [-0.25, -0.2) is 0 Å². The number of hydrogen-bond acceptors (Lipinski definition) is 4. The van der Waals surface area contributed by atoms with E-state index in [1.165, 1.54) is 23.3 Å². The molecule has 1 aromatic rings. The number of carbonyl (C=O) groups is 1. The molecule has 0 spiro atoms. The summed E-state index contributed by atoms with van der Waals surface area (Å²) in [6.07, 6.45) is 4.79. The summed E-state index contributed by atoms with van der Waals surface area (Å²) in [5.74, 6) is 0.994. The van der Waals surface area contributed by atoms with Crippen molar-refractivity contribution in [2.24, 2.45) is 4.99 Å². The van der Waals surface area contributed by atoms with Crippen LogP contribution >= 0.6 is 23.1 Å². The minimum absolute atomic E-state index is 0.0116. The zero-order valence-electron chi connectivity index (χ0n) is 9.49. The van der Waals surface area contributed by atoms with Gasteiger partial charge in [-0.05, 0) is 37.3 Å². The van der Waals surface area contributed by atoms with E-state index in [4.69, 9.17) is 0 Å². The smallest absolute Gasteiger partial charge is 0.267 e. The van der Waals surface area contributed by atoms with Crippen molar-refractivity contribution in [2.75, 3.05) is 12.3 Å². The van der Waals surface area contributed by atoms with E-state index in [0.29, 0.717) is 0 Å². The summed E-state index contributed by atoms with van der Waals surface area (Å²) >= 11 is 3.27. The number of hydrogen-bond donors (Lipinski definition) is 1. The van der Waals surface area contributed by atoms with Crippen LogP contribution in [0.3, 0.4) is 0 Å². The molecule has 1 aliphatic heterocycles. The molecule has 0 atom stereocenters. The molecule has 0 unspecified atom stereocenters. The van der Waals surface area contributed by atoms with Crippen LogP contribution in [-0.2, 0) is 12.8 Å². The molecule has 2 heterocycles. The predicted molar refractivity (Wildman–Crippen MR) is 73.2 cm³/mol. The molecule has 0 saturated carbocycles. The van der Waals surface area contributed by atoms with Crippen LogP contribution in [0.2, 0.25) is 0 Å². The number of aryl methyl sites for hydroxylation is 2. The number of fused-ring (bicyclic) bond motifs is 1. The first-order valence-electron chi connectivity index (χ1n) is 5.93. The monoisotopic (exact) mass is 266 g/mol. The van der Waals surface area contributed by atoms with Crippen molar-refractivity contribution in [2.45, 2.75) is 25.7 Å². The van der Waals surface area contributed by atoms with E-state index in [-0.39, 0.29) is 5.91 Å². The summed E-state index contributed by atoms with van der Waals surface area (Å²) < 4.78 is 0. The minimum Gasteiger partial charge on any atom is -0.301 e. The van der Waals surface area contributed by atoms with E-state index in [1.807, 2.05) is 0 Å². The fourth-order valence-corrected chi connectivity index (χ4v) is 4.04. The average molecular weight is 266 g/mol. The van der Waals surface area contributed by atoms with Crippen molar-refractivity contribution in [1.82, 2.24) is 5.32 Å². The molecule has 1 N–H and O–H groups in total. The van der Waals surface area contributed by atoms with Gasteiger partial charge in [0.05, 0.1) is 11.4 Å². The molecule has 1 aromatic heterocycles. The standard InChI is InChI=1S/C12H14N2OS2/c15-11(14-12-13-5-6-16-12)10-7-8-3-1-2-4-9(8)17-10/h7H,1-6H2,(H,13,14,15). The van der Waals surface area contributed by atoms with Crippen molar-refractivity contribution >= 4 is 34.2 Å². The van der Waals surface area contributed by atoms with Crippen molar-refractivity contribution in [1.29, 1.82) is 0 Å². The first kappa shape index (κ1) is 11.3. The number of amides is 1. The van der Waals surface area contributed by atoms with Gasteiger partial charge in [-0.1, -0.05) is 11.8 Å². The van der Waals surface area contributed by atoms with Gasteiger partial charge in [-0.2, -0.15) is 0 Å². The fourth-order valence-electron chi connectivity index (χ4n) is 2.17. The highest BCUT2D eigenvalue weighted by Crippen LogP contribution is 2.29. The molecule has 17 heavy (non-hydrogen) atoms. The fraction of sp³-hybridized carbons (Fsp3) is 0.500. The Morgan fingerprint density at radius 3 is 3.00 bits per heavy atom. The van der Waals surface area contributed by atoms with Crippen LogP contribution in [-0.4, -0.2) is 23.4 Å². The van der Waals surface area contributed by atoms with E-state index in [0.717, 1.165) is 35.2 Å². The Balaban J connectivity index is 1.74. The van der Waals surface area contributed by atoms with Crippen molar-refractivity contribution in [3.05, 3.63) is 21.4 Å². The first-order chi connectivity index (χ1) is 8.33. The molecule has 2 aliphatic rings. The lowest BCUT2D eigenvalue weighted by atomic mass is 9.99. The highest BCUT2D eigenvalue weighted by Gasteiger charge is 2.18. The van der Waals surface area contributed by atoms with Crippen LogP contribution in [0.1, 0.15) is 33.0 Å². The number of nitrogens with one attached hydrogen (secondary N) is 1. The maximum Gasteiger partial charge on any atom is 0.267 e. The number of thioether (sulfide) groups is 1. The van der Waals surface area contributed by atoms with Gasteiger partial charge in [-0.3, -0.25) is 9.79 Å². The Bertz CT molecular complexity index is 455. The van der Waals surface area contributed by atoms with Crippen LogP contribution < -0.4 is 5.32 Å². The second kappa shape index (κ2) is 4.82. The molecular weight excluding hydrogens is 252 g/mol. The lowest BCUT2D eigenvalue weighted by molar-refractivity contribution is 0.0982. The number of aliphatic imine (C=N–C) groups is 1. The quantitative estimate of drug-likeness (QED) is 0.848. The van der Waals surface area contributed by atoms with Gasteiger partial charge < -0.3 is 5.32 Å². The average Bonchev–Trinajstić information content (AvgIpc) is 2.96. The van der Waals surface area contributed by atoms with Crippen molar-refractivity contribution < 1.29 is 4.79 Å². The number of thiophene rings is 1. The summed E-state index contributed by atoms with van der Waals surface area (Å²) in [5.41, 5.74) is 1.38. The van der Waals surface area contributed by atoms with E-state index in [9.17, 15) is 4.79 Å². The molecule has 0 fully saturated rings. The van der Waals surface area contributed by atoms with Gasteiger partial charge in [0.15, 0.2) is 5.17 Å². The van der Waals surface area contributed by atoms with Crippen molar-refractivity contribution in [3.63, 3.8) is 0 Å². The lowest BCUT2D eigenvalue weighted by Crippen LogP contribution is -2.26. The van der Waals surface area contributed by atoms with E-state index >= 15 is 0 Å². The van der Waals surface area contributed by atoms with Crippen LogP contribution in [0.15, 0.2) is 11.1 Å². The van der Waals surface area contributed by atoms with Crippen LogP contribution in [0, 0.1) is 0 Å². The van der Waals surface area contributed by atoms with Gasteiger partial charge in [-0.15, -0.1) is 11.3 Å². The number of amidine groups is 1. The van der Waals surface area contributed by atoms with Gasteiger partial charge in [0, 0.05) is 10.6 Å². The second-order valence-electron chi connectivity index (χ2n) is 4.26. The summed E-state index contributed by atoms with van der Waals surface area (Å²) in [6, 6.07) is 2.06. The zero-order chi connectivity index (χ0) is 11.7. The topological polar surface area (TPSA) is 41.5 Å². The predicted octanol–water partition coefficient (Wildman–Crippen LogP) is 2.46. The third-order valence-corrected chi connectivity index (χ3v) is 5.15. The molecule has 1 aliphatic carbocycles. The molecule has 1 amide bonds. The molecule has 0 bridgehead atoms. The number of nitrogens with zero attached hydrogens (tertiary/aromatic N) is 1. The maximum atomic E-state index is 12.0. The number of rotatable bonds is 1. The third-order valence-electron chi connectivity index (χ3n) is 3.03. The Morgan fingerprint density at radius 1 is 1.35 bits per heavy atom. The Morgan fingerprint density at radius 2 is 2.24 bits per heavy atom. The molecule has 0 aromatic carbocycles. The summed E-state index contributed by atoms with van der Waals surface area (Å²) in [6.45, 7) is 0.821. The normalized spacial score (nSPS) is 18.7. The van der Waals surface area contributed by atoms with Crippen molar-refractivity contribution in [3.8, 4) is 0 Å². The van der Waals surface area contributed by atoms with E-state index < -0.39 is 0 Å². The highest BCUT2D eigenvalue weighted by molar-refractivity contribution is 8.14. The largest absolute Gasteiger partial charge is 0.301 e. The summed E-state index contributed by atoms with van der Waals surface area (Å²) in [7, 11) is 0. The highest BCUT2D eigenvalue weighted by atomic mass is 32.2. The summed E-state index contributed by atoms with van der Waals surface area (Å²) in [5, 5.41) is 3.67. The first-order valence-corrected chi connectivity index (χ1v) is 7.73. The van der Waals surface area contributed by atoms with Crippen LogP contribution in [0.25, 0.3) is 0 Å². The van der Waals surface area contributed by atoms with Gasteiger partial charge in [0.1, 0.15) is 0 Å². The van der Waals surface area contributed by atoms with E-state index in [2.05, 4.69) is 16.4 Å². The molecule has 0 saturated heterocycles. The molecule has 5 heteroatoms. The zero-order valence-corrected chi connectivity index (χ0v) is 11.1. The minimum atomic E-state index is 0.0116. The maximum absolute atomic E-state index is 12.0. The Kier molecular flexibility index (Phi) is 3.20. The lowest BCUT2D eigenvalue weighted by Gasteiger charge is -2.08. The third kappa shape index (κ3) is 2.40. The molecule has 3 rings (SSSR count).